The lowest BCUT2D eigenvalue weighted by Gasteiger charge is -2.18. The first-order valence-electron chi connectivity index (χ1n) is 8.77. The minimum Gasteiger partial charge on any atom is -0.326 e. The summed E-state index contributed by atoms with van der Waals surface area (Å²) in [5, 5.41) is 5.64. The molecule has 0 radical (unpaired) electrons. The van der Waals surface area contributed by atoms with Crippen LogP contribution >= 0.6 is 0 Å². The van der Waals surface area contributed by atoms with Crippen LogP contribution in [0.15, 0.2) is 42.5 Å². The van der Waals surface area contributed by atoms with Crippen molar-refractivity contribution in [3.8, 4) is 0 Å². The van der Waals surface area contributed by atoms with E-state index in [1.165, 1.54) is 4.31 Å². The van der Waals surface area contributed by atoms with Gasteiger partial charge in [-0.25, -0.2) is 8.42 Å². The maximum Gasteiger partial charge on any atom is 0.255 e. The van der Waals surface area contributed by atoms with Crippen LogP contribution in [-0.2, 0) is 21.2 Å². The number of benzene rings is 2. The maximum atomic E-state index is 12.6. The minimum absolute atomic E-state index is 0.00651. The summed E-state index contributed by atoms with van der Waals surface area (Å²) in [4.78, 5) is 24.0. The number of hydrogen-bond acceptors (Lipinski definition) is 4. The number of nitrogens with one attached hydrogen (secondary N) is 2. The van der Waals surface area contributed by atoms with Crippen LogP contribution in [0, 0.1) is 0 Å². The summed E-state index contributed by atoms with van der Waals surface area (Å²) >= 11 is 0. The lowest BCUT2D eigenvalue weighted by atomic mass is 10.0. The minimum atomic E-state index is -3.29. The fourth-order valence-corrected chi connectivity index (χ4v) is 4.95. The summed E-state index contributed by atoms with van der Waals surface area (Å²) in [6.45, 7) is 0.434. The zero-order chi connectivity index (χ0) is 19.0. The molecule has 4 rings (SSSR count). The molecule has 2 aromatic carbocycles. The van der Waals surface area contributed by atoms with Crippen LogP contribution in [0.5, 0.6) is 0 Å². The molecule has 2 amide bonds. The van der Waals surface area contributed by atoms with Gasteiger partial charge >= 0.3 is 0 Å². The predicted molar refractivity (Wildman–Crippen MR) is 104 cm³/mol. The van der Waals surface area contributed by atoms with Crippen molar-refractivity contribution in [2.45, 2.75) is 19.3 Å². The molecule has 2 aliphatic rings. The van der Waals surface area contributed by atoms with E-state index in [-0.39, 0.29) is 17.6 Å². The molecule has 2 heterocycles. The maximum absolute atomic E-state index is 12.6. The van der Waals surface area contributed by atoms with Gasteiger partial charge in [-0.1, -0.05) is 6.07 Å². The summed E-state index contributed by atoms with van der Waals surface area (Å²) in [5.74, 6) is -0.184. The van der Waals surface area contributed by atoms with E-state index >= 15 is 0 Å². The molecule has 8 heteroatoms. The van der Waals surface area contributed by atoms with E-state index in [0.717, 1.165) is 11.3 Å². The molecule has 0 unspecified atom stereocenters. The molecular formula is C19H19N3O4S. The number of anilines is 3. The predicted octanol–water partition coefficient (Wildman–Crippen LogP) is 2.36. The fraction of sp³-hybridized carbons (Fsp3) is 0.263. The van der Waals surface area contributed by atoms with Crippen molar-refractivity contribution in [1.29, 1.82) is 0 Å². The number of rotatable bonds is 3. The first-order chi connectivity index (χ1) is 12.9. The fourth-order valence-electron chi connectivity index (χ4n) is 3.40. The van der Waals surface area contributed by atoms with Crippen LogP contribution < -0.4 is 14.9 Å². The van der Waals surface area contributed by atoms with E-state index in [1.54, 1.807) is 36.4 Å². The number of carbonyl (C=O) groups is 2. The molecule has 27 heavy (non-hydrogen) atoms. The zero-order valence-corrected chi connectivity index (χ0v) is 15.4. The average Bonchev–Trinajstić information content (AvgIpc) is 3.01. The topological polar surface area (TPSA) is 95.6 Å². The molecule has 140 valence electrons. The summed E-state index contributed by atoms with van der Waals surface area (Å²) in [6, 6.07) is 12.0. The number of hydrogen-bond donors (Lipinski definition) is 2. The Bertz CT molecular complexity index is 1030. The Hall–Kier alpha value is -2.87. The molecule has 0 aliphatic carbocycles. The van der Waals surface area contributed by atoms with Crippen LogP contribution in [0.1, 0.15) is 28.8 Å². The number of aryl methyl sites for hydroxylation is 1. The highest BCUT2D eigenvalue weighted by atomic mass is 32.2. The van der Waals surface area contributed by atoms with Crippen molar-refractivity contribution in [3.05, 3.63) is 53.6 Å². The lowest BCUT2D eigenvalue weighted by molar-refractivity contribution is -0.116. The third-order valence-corrected chi connectivity index (χ3v) is 6.62. The smallest absolute Gasteiger partial charge is 0.255 e. The first kappa shape index (κ1) is 17.5. The molecule has 2 aromatic rings. The zero-order valence-electron chi connectivity index (χ0n) is 14.6. The monoisotopic (exact) mass is 385 g/mol. The van der Waals surface area contributed by atoms with Crippen LogP contribution in [0.3, 0.4) is 0 Å². The Morgan fingerprint density at radius 3 is 2.74 bits per heavy atom. The number of sulfonamides is 1. The Morgan fingerprint density at radius 1 is 1.11 bits per heavy atom. The number of amides is 2. The van der Waals surface area contributed by atoms with Crippen molar-refractivity contribution in [1.82, 2.24) is 0 Å². The molecule has 1 saturated heterocycles. The normalized spacial score (nSPS) is 17.9. The Morgan fingerprint density at radius 2 is 1.96 bits per heavy atom. The third-order valence-electron chi connectivity index (χ3n) is 4.75. The second-order valence-corrected chi connectivity index (χ2v) is 8.68. The standard InChI is InChI=1S/C19H19N3O4S/c23-18-8-5-13-11-15(6-7-17(13)21-18)20-19(24)14-3-1-4-16(12-14)22-9-2-10-27(22,25)26/h1,3-4,6-7,11-12H,2,5,8-10H2,(H,20,24)(H,21,23). The van der Waals surface area contributed by atoms with Gasteiger partial charge in [-0.05, 0) is 54.8 Å². The van der Waals surface area contributed by atoms with Crippen molar-refractivity contribution < 1.29 is 18.0 Å². The van der Waals surface area contributed by atoms with Gasteiger partial charge in [0.25, 0.3) is 5.91 Å². The lowest BCUT2D eigenvalue weighted by Crippen LogP contribution is -2.25. The quantitative estimate of drug-likeness (QED) is 0.848. The molecule has 0 spiro atoms. The van der Waals surface area contributed by atoms with E-state index < -0.39 is 10.0 Å². The summed E-state index contributed by atoms with van der Waals surface area (Å²) in [7, 11) is -3.29. The molecule has 0 atom stereocenters. The highest BCUT2D eigenvalue weighted by molar-refractivity contribution is 7.93. The van der Waals surface area contributed by atoms with Gasteiger partial charge < -0.3 is 10.6 Å². The van der Waals surface area contributed by atoms with E-state index in [9.17, 15) is 18.0 Å². The van der Waals surface area contributed by atoms with E-state index in [2.05, 4.69) is 10.6 Å². The largest absolute Gasteiger partial charge is 0.326 e. The van der Waals surface area contributed by atoms with Crippen molar-refractivity contribution in [3.63, 3.8) is 0 Å². The van der Waals surface area contributed by atoms with E-state index in [4.69, 9.17) is 0 Å². The van der Waals surface area contributed by atoms with Crippen LogP contribution in [-0.4, -0.2) is 32.5 Å². The van der Waals surface area contributed by atoms with Crippen molar-refractivity contribution in [2.75, 3.05) is 27.2 Å². The van der Waals surface area contributed by atoms with Crippen LogP contribution in [0.25, 0.3) is 0 Å². The SMILES string of the molecule is O=C1CCc2cc(NC(=O)c3cccc(N4CCCS4(=O)=O)c3)ccc2N1. The molecule has 0 saturated carbocycles. The second-order valence-electron chi connectivity index (χ2n) is 6.67. The Kier molecular flexibility index (Phi) is 4.35. The van der Waals surface area contributed by atoms with E-state index in [0.29, 0.717) is 42.7 Å². The van der Waals surface area contributed by atoms with Gasteiger partial charge in [0.1, 0.15) is 0 Å². The first-order valence-corrected chi connectivity index (χ1v) is 10.4. The molecule has 2 aliphatic heterocycles. The highest BCUT2D eigenvalue weighted by Gasteiger charge is 2.28. The molecule has 0 aromatic heterocycles. The van der Waals surface area contributed by atoms with Gasteiger partial charge in [0.05, 0.1) is 11.4 Å². The Balaban J connectivity index is 1.54. The molecule has 7 nitrogen and oxygen atoms in total. The summed E-state index contributed by atoms with van der Waals surface area (Å²) in [5.41, 5.74) is 3.28. The molecular weight excluding hydrogens is 366 g/mol. The van der Waals surface area contributed by atoms with Gasteiger partial charge in [0.2, 0.25) is 15.9 Å². The van der Waals surface area contributed by atoms with Crippen molar-refractivity contribution in [2.24, 2.45) is 0 Å². The molecule has 2 N–H and O–H groups in total. The average molecular weight is 385 g/mol. The van der Waals surface area contributed by atoms with Gasteiger partial charge in [-0.2, -0.15) is 0 Å². The number of nitrogens with zero attached hydrogens (tertiary/aromatic N) is 1. The highest BCUT2D eigenvalue weighted by Crippen LogP contribution is 2.27. The van der Waals surface area contributed by atoms with Gasteiger partial charge in [-0.15, -0.1) is 0 Å². The van der Waals surface area contributed by atoms with Gasteiger partial charge in [0.15, 0.2) is 0 Å². The van der Waals surface area contributed by atoms with Crippen LogP contribution in [0.4, 0.5) is 17.1 Å². The van der Waals surface area contributed by atoms with Gasteiger partial charge in [0, 0.05) is 29.9 Å². The summed E-state index contributed by atoms with van der Waals surface area (Å²) < 4.78 is 25.5. The molecule has 0 bridgehead atoms. The van der Waals surface area contributed by atoms with Crippen LogP contribution in [0.2, 0.25) is 0 Å². The number of carbonyl (C=O) groups excluding carboxylic acids is 2. The van der Waals surface area contributed by atoms with Crippen molar-refractivity contribution >= 4 is 38.9 Å². The summed E-state index contributed by atoms with van der Waals surface area (Å²) in [6.07, 6.45) is 1.65. The molecule has 1 fully saturated rings. The second kappa shape index (κ2) is 6.70. The van der Waals surface area contributed by atoms with Gasteiger partial charge in [-0.3, -0.25) is 13.9 Å². The number of fused-ring (bicyclic) bond motifs is 1. The Labute approximate surface area is 157 Å². The van der Waals surface area contributed by atoms with E-state index in [1.807, 2.05) is 6.07 Å². The third kappa shape index (κ3) is 3.52.